The second-order valence-corrected chi connectivity index (χ2v) is 8.24. The number of aryl methyl sites for hydroxylation is 2. The van der Waals surface area contributed by atoms with Crippen molar-refractivity contribution in [1.29, 1.82) is 5.41 Å². The van der Waals surface area contributed by atoms with Gasteiger partial charge in [0.25, 0.3) is 0 Å². The minimum Gasteiger partial charge on any atom is -0.391 e. The highest BCUT2D eigenvalue weighted by molar-refractivity contribution is 6.15. The van der Waals surface area contributed by atoms with Gasteiger partial charge < -0.3 is 10.6 Å². The van der Waals surface area contributed by atoms with E-state index in [1.165, 1.54) is 16.8 Å². The predicted octanol–water partition coefficient (Wildman–Crippen LogP) is 5.02. The van der Waals surface area contributed by atoms with Crippen molar-refractivity contribution < 1.29 is 0 Å². The monoisotopic (exact) mass is 444 g/mol. The molecule has 6 heteroatoms. The first kappa shape index (κ1) is 24.2. The fourth-order valence-electron chi connectivity index (χ4n) is 3.94. The van der Waals surface area contributed by atoms with E-state index in [0.29, 0.717) is 5.84 Å². The van der Waals surface area contributed by atoms with Crippen molar-refractivity contribution >= 4 is 11.5 Å². The Kier molecular flexibility index (Phi) is 8.41. The van der Waals surface area contributed by atoms with Crippen molar-refractivity contribution in [2.24, 2.45) is 12.0 Å². The molecule has 3 N–H and O–H groups in total. The maximum Gasteiger partial charge on any atom is 0.131 e. The number of benzene rings is 1. The Morgan fingerprint density at radius 1 is 1.21 bits per heavy atom. The second kappa shape index (κ2) is 11.5. The van der Waals surface area contributed by atoms with E-state index in [4.69, 9.17) is 15.5 Å². The van der Waals surface area contributed by atoms with Crippen molar-refractivity contribution in [1.82, 2.24) is 20.4 Å². The first-order chi connectivity index (χ1) is 16.0. The maximum absolute atomic E-state index is 8.35. The Balaban J connectivity index is 2.07. The molecule has 1 heterocycles. The summed E-state index contributed by atoms with van der Waals surface area (Å²) in [5.41, 5.74) is 7.97. The molecule has 3 rings (SSSR count). The maximum atomic E-state index is 8.35. The number of allylic oxidation sites excluding steroid dienone is 3. The summed E-state index contributed by atoms with van der Waals surface area (Å²) in [4.78, 5) is 5.15. The molecular formula is C27H36N6. The average molecular weight is 445 g/mol. The average Bonchev–Trinajstić information content (AvgIpc) is 3.14. The number of hydrogen-bond donors (Lipinski definition) is 3. The fraction of sp³-hybridized carbons (Fsp3) is 0.370. The molecule has 1 aliphatic carbocycles. The van der Waals surface area contributed by atoms with Crippen LogP contribution in [0.3, 0.4) is 0 Å². The molecule has 2 aromatic rings. The summed E-state index contributed by atoms with van der Waals surface area (Å²) in [6.45, 7) is 9.11. The lowest BCUT2D eigenvalue weighted by Gasteiger charge is -2.20. The second-order valence-electron chi connectivity index (χ2n) is 8.24. The van der Waals surface area contributed by atoms with Crippen LogP contribution in [0.2, 0.25) is 0 Å². The highest BCUT2D eigenvalue weighted by Gasteiger charge is 2.28. The van der Waals surface area contributed by atoms with Crippen LogP contribution >= 0.6 is 0 Å². The smallest absolute Gasteiger partial charge is 0.131 e. The van der Waals surface area contributed by atoms with Crippen LogP contribution in [0.15, 0.2) is 70.6 Å². The van der Waals surface area contributed by atoms with Crippen LogP contribution in [0.25, 0.3) is 0 Å². The number of aliphatic imine (C=N–C) groups is 1. The Morgan fingerprint density at radius 2 is 1.97 bits per heavy atom. The lowest BCUT2D eigenvalue weighted by Crippen LogP contribution is -2.24. The van der Waals surface area contributed by atoms with E-state index in [1.807, 2.05) is 24.7 Å². The van der Waals surface area contributed by atoms with Crippen molar-refractivity contribution in [3.8, 4) is 0 Å². The largest absolute Gasteiger partial charge is 0.391 e. The molecule has 6 nitrogen and oxygen atoms in total. The number of fused-ring (bicyclic) bond motifs is 1. The van der Waals surface area contributed by atoms with Gasteiger partial charge in [0.15, 0.2) is 0 Å². The molecule has 0 radical (unpaired) electrons. The Labute approximate surface area is 197 Å². The summed E-state index contributed by atoms with van der Waals surface area (Å²) in [5.74, 6) is 1.04. The molecule has 1 aromatic carbocycles. The number of amidine groups is 1. The molecule has 0 amide bonds. The zero-order valence-corrected chi connectivity index (χ0v) is 20.5. The molecule has 1 aromatic heterocycles. The third kappa shape index (κ3) is 5.89. The summed E-state index contributed by atoms with van der Waals surface area (Å²) >= 11 is 0. The van der Waals surface area contributed by atoms with E-state index in [0.717, 1.165) is 60.6 Å². The molecule has 0 saturated heterocycles. The molecule has 0 spiro atoms. The van der Waals surface area contributed by atoms with Gasteiger partial charge in [-0.15, -0.1) is 0 Å². The van der Waals surface area contributed by atoms with Crippen LogP contribution in [0.5, 0.6) is 0 Å². The van der Waals surface area contributed by atoms with Crippen LogP contribution < -0.4 is 10.6 Å². The summed E-state index contributed by atoms with van der Waals surface area (Å²) in [6.07, 6.45) is 9.16. The van der Waals surface area contributed by atoms with Crippen LogP contribution in [0, 0.1) is 5.41 Å². The Hall–Kier alpha value is -3.41. The first-order valence-electron chi connectivity index (χ1n) is 11.8. The number of nitrogens with one attached hydrogen (secondary N) is 3. The zero-order valence-electron chi connectivity index (χ0n) is 20.5. The number of nitrogens with zero attached hydrogens (tertiary/aromatic N) is 3. The lowest BCUT2D eigenvalue weighted by molar-refractivity contribution is 0.706. The molecule has 0 atom stereocenters. The van der Waals surface area contributed by atoms with Crippen molar-refractivity contribution in [3.63, 3.8) is 0 Å². The Bertz CT molecular complexity index is 1100. The molecule has 174 valence electrons. The third-order valence-electron chi connectivity index (χ3n) is 5.96. The fourth-order valence-corrected chi connectivity index (χ4v) is 3.94. The van der Waals surface area contributed by atoms with Gasteiger partial charge in [0.2, 0.25) is 0 Å². The normalized spacial score (nSPS) is 16.8. The van der Waals surface area contributed by atoms with Crippen LogP contribution in [0.4, 0.5) is 0 Å². The highest BCUT2D eigenvalue weighted by atomic mass is 15.3. The molecular weight excluding hydrogens is 408 g/mol. The van der Waals surface area contributed by atoms with Gasteiger partial charge in [-0.1, -0.05) is 43.3 Å². The molecule has 0 bridgehead atoms. The molecule has 33 heavy (non-hydrogen) atoms. The van der Waals surface area contributed by atoms with E-state index < -0.39 is 0 Å². The van der Waals surface area contributed by atoms with Crippen molar-refractivity contribution in [3.05, 3.63) is 88.2 Å². The molecule has 0 fully saturated rings. The van der Waals surface area contributed by atoms with E-state index >= 15 is 0 Å². The van der Waals surface area contributed by atoms with Gasteiger partial charge in [0.05, 0.1) is 17.1 Å². The zero-order chi connectivity index (χ0) is 23.8. The van der Waals surface area contributed by atoms with E-state index in [2.05, 4.69) is 61.7 Å². The van der Waals surface area contributed by atoms with E-state index in [9.17, 15) is 0 Å². The van der Waals surface area contributed by atoms with E-state index in [-0.39, 0.29) is 0 Å². The topological polar surface area (TPSA) is 78.1 Å². The predicted molar refractivity (Wildman–Crippen MR) is 138 cm³/mol. The first-order valence-corrected chi connectivity index (χ1v) is 11.8. The summed E-state index contributed by atoms with van der Waals surface area (Å²) in [7, 11) is 2.02. The summed E-state index contributed by atoms with van der Waals surface area (Å²) in [6, 6.07) is 10.5. The van der Waals surface area contributed by atoms with Gasteiger partial charge in [-0.3, -0.25) is 10.1 Å². The third-order valence-corrected chi connectivity index (χ3v) is 5.96. The quantitative estimate of drug-likeness (QED) is 0.395. The molecule has 1 aliphatic rings. The van der Waals surface area contributed by atoms with Gasteiger partial charge in [0.1, 0.15) is 11.7 Å². The van der Waals surface area contributed by atoms with Gasteiger partial charge in [-0.25, -0.2) is 4.99 Å². The summed E-state index contributed by atoms with van der Waals surface area (Å²) in [5, 5.41) is 19.5. The molecule has 0 aliphatic heterocycles. The SMILES string of the molecule is C/C=C1/CCc2nn(C)c(Cc3ccccc3)c2/C1=N/C(NC(=N)/C=C\NCC)=C(\C)CC. The number of rotatable bonds is 8. The Morgan fingerprint density at radius 3 is 2.64 bits per heavy atom. The molecule has 0 unspecified atom stereocenters. The lowest BCUT2D eigenvalue weighted by atomic mass is 9.87. The number of aromatic nitrogens is 2. The van der Waals surface area contributed by atoms with E-state index in [1.54, 1.807) is 12.3 Å². The molecule has 0 saturated carbocycles. The number of hydrogen-bond acceptors (Lipinski definition) is 4. The van der Waals surface area contributed by atoms with Crippen LogP contribution in [-0.4, -0.2) is 27.9 Å². The highest BCUT2D eigenvalue weighted by Crippen LogP contribution is 2.30. The van der Waals surface area contributed by atoms with Gasteiger partial charge in [0, 0.05) is 31.8 Å². The van der Waals surface area contributed by atoms with Crippen LogP contribution in [-0.2, 0) is 19.9 Å². The van der Waals surface area contributed by atoms with Crippen molar-refractivity contribution in [2.75, 3.05) is 6.54 Å². The van der Waals surface area contributed by atoms with Gasteiger partial charge in [-0.2, -0.15) is 5.10 Å². The minimum absolute atomic E-state index is 0.303. The summed E-state index contributed by atoms with van der Waals surface area (Å²) < 4.78 is 2.01. The van der Waals surface area contributed by atoms with Crippen LogP contribution in [0.1, 0.15) is 63.1 Å². The minimum atomic E-state index is 0.303. The standard InChI is InChI=1S/C27H36N6/c1-6-19(4)27(30-24(28)16-17-29-8-3)31-26-21(7-2)14-15-22-25(26)23(33(5)32-22)18-20-12-10-9-11-13-20/h7,9-13,16-17,29H,6,8,14-15,18H2,1-5H3,(H2,28,30)/b17-16-,21-7-,27-19+,31-26+. The van der Waals surface area contributed by atoms with Crippen molar-refractivity contribution in [2.45, 2.75) is 53.4 Å². The van der Waals surface area contributed by atoms with Gasteiger partial charge >= 0.3 is 0 Å². The van der Waals surface area contributed by atoms with Gasteiger partial charge in [-0.05, 0) is 62.8 Å².